The summed E-state index contributed by atoms with van der Waals surface area (Å²) < 4.78 is 5.36. The molecular weight excluding hydrogens is 442 g/mol. The Labute approximate surface area is 201 Å². The number of amides is 3. The third-order valence-electron chi connectivity index (χ3n) is 4.08. The van der Waals surface area contributed by atoms with E-state index in [1.807, 2.05) is 20.8 Å². The third-order valence-corrected chi connectivity index (χ3v) is 4.19. The Kier molecular flexibility index (Phi) is 13.9. The molecule has 180 valence electrons. The molecule has 1 aliphatic rings. The molecule has 9 heteroatoms. The minimum Gasteiger partial charge on any atom is -0.499 e. The van der Waals surface area contributed by atoms with Crippen LogP contribution in [0.15, 0.2) is 69.7 Å². The molecule has 0 atom stereocenters. The van der Waals surface area contributed by atoms with Gasteiger partial charge >= 0.3 is 6.03 Å². The molecule has 3 amide bonds. The number of nitrogens with zero attached hydrogens (tertiary/aromatic N) is 3. The first kappa shape index (κ1) is 27.9. The summed E-state index contributed by atoms with van der Waals surface area (Å²) in [5, 5.41) is 10.9. The van der Waals surface area contributed by atoms with Crippen molar-refractivity contribution in [2.24, 2.45) is 16.0 Å². The van der Waals surface area contributed by atoms with Crippen molar-refractivity contribution in [3.63, 3.8) is 0 Å². The first-order chi connectivity index (χ1) is 15.8. The molecule has 0 aliphatic heterocycles. The van der Waals surface area contributed by atoms with Gasteiger partial charge in [-0.3, -0.25) is 9.79 Å². The Morgan fingerprint density at radius 3 is 2.67 bits per heavy atom. The lowest BCUT2D eigenvalue weighted by molar-refractivity contribution is -0.121. The number of carbonyl (C=O) groups is 2. The van der Waals surface area contributed by atoms with Crippen molar-refractivity contribution < 1.29 is 14.3 Å². The van der Waals surface area contributed by atoms with Crippen molar-refractivity contribution in [2.75, 3.05) is 13.1 Å². The van der Waals surface area contributed by atoms with E-state index in [1.54, 1.807) is 49.8 Å². The fourth-order valence-electron chi connectivity index (χ4n) is 2.24. The summed E-state index contributed by atoms with van der Waals surface area (Å²) in [6.45, 7) is 7.89. The minimum absolute atomic E-state index is 0.0562. The van der Waals surface area contributed by atoms with Gasteiger partial charge in [-0.25, -0.2) is 9.80 Å². The predicted octanol–water partition coefficient (Wildman–Crippen LogP) is 4.64. The van der Waals surface area contributed by atoms with Crippen LogP contribution in [-0.2, 0) is 9.53 Å². The van der Waals surface area contributed by atoms with Gasteiger partial charge in [0.15, 0.2) is 0 Å². The van der Waals surface area contributed by atoms with E-state index in [9.17, 15) is 9.59 Å². The van der Waals surface area contributed by atoms with Crippen LogP contribution in [0, 0.1) is 5.92 Å². The molecule has 0 unspecified atom stereocenters. The highest BCUT2D eigenvalue weighted by atomic mass is 35.5. The molecule has 1 fully saturated rings. The molecule has 0 saturated heterocycles. The molecule has 0 aromatic rings. The van der Waals surface area contributed by atoms with Crippen molar-refractivity contribution in [3.05, 3.63) is 59.6 Å². The lowest BCUT2D eigenvalue weighted by Gasteiger charge is -2.18. The fourth-order valence-corrected chi connectivity index (χ4v) is 2.30. The zero-order valence-electron chi connectivity index (χ0n) is 19.7. The van der Waals surface area contributed by atoms with Crippen LogP contribution in [-0.4, -0.2) is 48.6 Å². The topological polar surface area (TPSA) is 95.4 Å². The molecule has 1 rings (SSSR count). The van der Waals surface area contributed by atoms with E-state index in [1.165, 1.54) is 17.9 Å². The average molecular weight is 476 g/mol. The third kappa shape index (κ3) is 14.5. The summed E-state index contributed by atoms with van der Waals surface area (Å²) >= 11 is 5.42. The molecule has 1 saturated carbocycles. The normalized spacial score (nSPS) is 15.6. The zero-order chi connectivity index (χ0) is 24.5. The maximum Gasteiger partial charge on any atom is 0.342 e. The minimum atomic E-state index is -0.540. The zero-order valence-corrected chi connectivity index (χ0v) is 20.5. The second kappa shape index (κ2) is 16.5. The lowest BCUT2D eigenvalue weighted by Crippen LogP contribution is -2.42. The largest absolute Gasteiger partial charge is 0.499 e. The highest BCUT2D eigenvalue weighted by molar-refractivity contribution is 6.25. The highest BCUT2D eigenvalue weighted by Crippen LogP contribution is 2.27. The summed E-state index contributed by atoms with van der Waals surface area (Å²) in [6.07, 6.45) is 16.9. The molecule has 2 N–H and O–H groups in total. The van der Waals surface area contributed by atoms with Gasteiger partial charge in [0.25, 0.3) is 0 Å². The van der Waals surface area contributed by atoms with Gasteiger partial charge in [0.1, 0.15) is 6.54 Å². The molecular formula is C24H34ClN5O3. The highest BCUT2D eigenvalue weighted by Gasteiger charge is 2.23. The fraction of sp³-hybridized carbons (Fsp3) is 0.417. The number of allylic oxidation sites excluding steroid dienone is 6. The van der Waals surface area contributed by atoms with Crippen LogP contribution in [0.4, 0.5) is 4.79 Å². The number of hydrogen-bond acceptors (Lipinski definition) is 5. The maximum atomic E-state index is 12.9. The molecule has 0 heterocycles. The van der Waals surface area contributed by atoms with E-state index < -0.39 is 6.03 Å². The van der Waals surface area contributed by atoms with E-state index in [-0.39, 0.29) is 18.6 Å². The molecule has 0 spiro atoms. The Balaban J connectivity index is 2.91. The number of rotatable bonds is 13. The number of halogens is 1. The van der Waals surface area contributed by atoms with Crippen LogP contribution in [0.1, 0.15) is 40.5 Å². The number of carbonyl (C=O) groups excluding carboxylic acids is 2. The Morgan fingerprint density at radius 1 is 1.27 bits per heavy atom. The second-order valence-electron chi connectivity index (χ2n) is 7.60. The second-order valence-corrected chi connectivity index (χ2v) is 7.85. The van der Waals surface area contributed by atoms with Crippen LogP contribution in [0.25, 0.3) is 0 Å². The van der Waals surface area contributed by atoms with Crippen LogP contribution in [0.2, 0.25) is 0 Å². The van der Waals surface area contributed by atoms with Gasteiger partial charge in [0, 0.05) is 30.2 Å². The predicted molar refractivity (Wildman–Crippen MR) is 135 cm³/mol. The van der Waals surface area contributed by atoms with Crippen LogP contribution in [0.5, 0.6) is 0 Å². The van der Waals surface area contributed by atoms with Gasteiger partial charge in [-0.05, 0) is 76.3 Å². The first-order valence-electron chi connectivity index (χ1n) is 10.8. The van der Waals surface area contributed by atoms with Gasteiger partial charge in [-0.15, -0.1) is 0 Å². The molecule has 8 nitrogen and oxygen atoms in total. The monoisotopic (exact) mass is 475 g/mol. The van der Waals surface area contributed by atoms with Crippen molar-refractivity contribution in [1.82, 2.24) is 15.6 Å². The molecule has 0 radical (unpaired) electrons. The van der Waals surface area contributed by atoms with Crippen LogP contribution >= 0.6 is 11.6 Å². The van der Waals surface area contributed by atoms with Gasteiger partial charge in [-0.1, -0.05) is 17.7 Å². The van der Waals surface area contributed by atoms with Crippen LogP contribution < -0.4 is 10.6 Å². The average Bonchev–Trinajstić information content (AvgIpc) is 3.60. The first-order valence-corrected chi connectivity index (χ1v) is 11.3. The quantitative estimate of drug-likeness (QED) is 0.176. The molecule has 33 heavy (non-hydrogen) atoms. The van der Waals surface area contributed by atoms with Gasteiger partial charge in [-0.2, -0.15) is 5.10 Å². The van der Waals surface area contributed by atoms with Crippen molar-refractivity contribution in [1.29, 1.82) is 0 Å². The SMILES string of the molecule is C\C=C/C(=C\C=C\OC(C)C)NC(=O)N(CC(=O)NCC1CC1)/N=C/C(C)=C/C=N/C=C/Cl. The number of aliphatic imine (C=N–C) groups is 1. The maximum absolute atomic E-state index is 12.9. The summed E-state index contributed by atoms with van der Waals surface area (Å²) in [7, 11) is 0. The molecule has 0 bridgehead atoms. The van der Waals surface area contributed by atoms with Gasteiger partial charge in [0.05, 0.1) is 18.6 Å². The molecule has 0 aromatic carbocycles. The van der Waals surface area contributed by atoms with E-state index in [0.717, 1.165) is 23.4 Å². The molecule has 1 aliphatic carbocycles. The standard InChI is InChI=1S/C24H34ClN5O3/c1-5-7-22(8-6-15-33-19(2)3)29-24(32)30(18-23(31)27-17-21-9-10-21)28-16-20(4)11-13-26-14-12-25/h5-8,11-16,19,21H,9-10,17-18H2,1-4H3,(H,27,31)(H,29,32)/b7-5-,14-12+,15-6+,20-11+,22-8+,26-13+,28-16+. The lowest BCUT2D eigenvalue weighted by atomic mass is 10.3. The number of nitrogens with one attached hydrogen (secondary N) is 2. The number of hydrazone groups is 1. The van der Waals surface area contributed by atoms with Crippen molar-refractivity contribution >= 4 is 36.0 Å². The van der Waals surface area contributed by atoms with Crippen molar-refractivity contribution in [2.45, 2.75) is 46.6 Å². The summed E-state index contributed by atoms with van der Waals surface area (Å²) in [6, 6.07) is -0.540. The van der Waals surface area contributed by atoms with E-state index in [4.69, 9.17) is 16.3 Å². The van der Waals surface area contributed by atoms with E-state index >= 15 is 0 Å². The Bertz CT molecular complexity index is 837. The molecule has 0 aromatic heterocycles. The summed E-state index contributed by atoms with van der Waals surface area (Å²) in [4.78, 5) is 29.2. The van der Waals surface area contributed by atoms with Crippen molar-refractivity contribution in [3.8, 4) is 0 Å². The summed E-state index contributed by atoms with van der Waals surface area (Å²) in [5.74, 6) is 0.265. The Morgan fingerprint density at radius 2 is 2.03 bits per heavy atom. The van der Waals surface area contributed by atoms with E-state index in [0.29, 0.717) is 18.2 Å². The van der Waals surface area contributed by atoms with Crippen LogP contribution in [0.3, 0.4) is 0 Å². The van der Waals surface area contributed by atoms with Gasteiger partial charge < -0.3 is 15.4 Å². The number of hydrogen-bond donors (Lipinski definition) is 2. The smallest absolute Gasteiger partial charge is 0.342 e. The summed E-state index contributed by atoms with van der Waals surface area (Å²) in [5.41, 5.74) is 2.55. The Hall–Kier alpha value is -3.13. The van der Waals surface area contributed by atoms with Gasteiger partial charge in [0.2, 0.25) is 5.91 Å². The number of ether oxygens (including phenoxy) is 1. The number of urea groups is 1. The van der Waals surface area contributed by atoms with E-state index in [2.05, 4.69) is 20.7 Å².